The van der Waals surface area contributed by atoms with Crippen molar-refractivity contribution < 1.29 is 27.1 Å². The number of hydrogen-bond donors (Lipinski definition) is 2. The van der Waals surface area contributed by atoms with E-state index in [9.17, 15) is 17.2 Å². The molecule has 0 spiro atoms. The second kappa shape index (κ2) is 11.6. The van der Waals surface area contributed by atoms with Crippen LogP contribution in [0.5, 0.6) is 0 Å². The van der Waals surface area contributed by atoms with Crippen LogP contribution in [0.25, 0.3) is 0 Å². The molecule has 2 aromatic carbocycles. The van der Waals surface area contributed by atoms with Crippen LogP contribution in [0.4, 0.5) is 14.5 Å². The van der Waals surface area contributed by atoms with Gasteiger partial charge in [0, 0.05) is 19.2 Å². The van der Waals surface area contributed by atoms with Gasteiger partial charge in [-0.25, -0.2) is 22.2 Å². The van der Waals surface area contributed by atoms with Gasteiger partial charge in [0.15, 0.2) is 15.7 Å². The zero-order chi connectivity index (χ0) is 24.7. The molecule has 0 aliphatic carbocycles. The van der Waals surface area contributed by atoms with E-state index >= 15 is 0 Å². The van der Waals surface area contributed by atoms with E-state index in [0.717, 1.165) is 48.4 Å². The molecule has 0 amide bonds. The number of nitrogens with zero attached hydrogens (tertiary/aromatic N) is 3. The average Bonchev–Trinajstić information content (AvgIpc) is 3.25. The Bertz CT molecular complexity index is 1240. The fourth-order valence-electron chi connectivity index (χ4n) is 3.34. The zero-order valence-electron chi connectivity index (χ0n) is 17.7. The van der Waals surface area contributed by atoms with E-state index in [1.165, 1.54) is 12.7 Å². The lowest BCUT2D eigenvalue weighted by molar-refractivity contribution is -0.122. The van der Waals surface area contributed by atoms with Crippen LogP contribution in [0.3, 0.4) is 0 Å². The molecule has 0 saturated carbocycles. The number of carbonyl (C=O) groups is 1. The SMILES string of the molecule is O=CO.O=S(=O)(Cc1ncns1)c1c(F)cc(NCc2ccccc2CN2CCC2)c(Cl)c1F. The summed E-state index contributed by atoms with van der Waals surface area (Å²) >= 11 is 6.92. The van der Waals surface area contributed by atoms with Gasteiger partial charge in [-0.15, -0.1) is 0 Å². The summed E-state index contributed by atoms with van der Waals surface area (Å²) in [6, 6.07) is 8.70. The van der Waals surface area contributed by atoms with E-state index in [1.54, 1.807) is 0 Å². The van der Waals surface area contributed by atoms with Gasteiger partial charge in [-0.1, -0.05) is 35.9 Å². The Morgan fingerprint density at radius 2 is 1.91 bits per heavy atom. The van der Waals surface area contributed by atoms with E-state index in [-0.39, 0.29) is 17.2 Å². The third-order valence-electron chi connectivity index (χ3n) is 5.08. The van der Waals surface area contributed by atoms with Crippen molar-refractivity contribution in [3.8, 4) is 0 Å². The molecule has 0 atom stereocenters. The van der Waals surface area contributed by atoms with E-state index in [1.807, 2.05) is 24.3 Å². The molecule has 0 radical (unpaired) electrons. The molecule has 182 valence electrons. The van der Waals surface area contributed by atoms with Crippen molar-refractivity contribution in [2.45, 2.75) is 30.2 Å². The third kappa shape index (κ3) is 6.26. The van der Waals surface area contributed by atoms with Crippen molar-refractivity contribution in [2.24, 2.45) is 0 Å². The van der Waals surface area contributed by atoms with Gasteiger partial charge in [-0.2, -0.15) is 4.37 Å². The van der Waals surface area contributed by atoms with Crippen molar-refractivity contribution in [1.29, 1.82) is 0 Å². The summed E-state index contributed by atoms with van der Waals surface area (Å²) in [7, 11) is -4.33. The van der Waals surface area contributed by atoms with Crippen molar-refractivity contribution in [3.63, 3.8) is 0 Å². The van der Waals surface area contributed by atoms with Crippen LogP contribution in [0, 0.1) is 11.6 Å². The molecule has 3 aromatic rings. The molecule has 0 unspecified atom stereocenters. The maximum atomic E-state index is 14.8. The van der Waals surface area contributed by atoms with Crippen LogP contribution in [-0.4, -0.2) is 47.3 Å². The van der Waals surface area contributed by atoms with E-state index in [2.05, 4.69) is 19.6 Å². The summed E-state index contributed by atoms with van der Waals surface area (Å²) in [4.78, 5) is 13.4. The molecule has 1 fully saturated rings. The van der Waals surface area contributed by atoms with Crippen LogP contribution in [0.15, 0.2) is 41.6 Å². The summed E-state index contributed by atoms with van der Waals surface area (Å²) in [5, 5.41) is 9.49. The van der Waals surface area contributed by atoms with Crippen LogP contribution in [0.1, 0.15) is 22.6 Å². The normalized spacial score (nSPS) is 13.5. The standard InChI is InChI=1S/C20H19ClF2N4O2S2.CH2O2/c21-18-16(24-9-13-4-1-2-5-14(13)10-27-6-3-7-27)8-15(22)20(19(18)23)31(28,29)11-17-25-12-26-30-17;2-1-3/h1-2,4-5,8,12,24H,3,6-7,9-11H2;1H,(H,2,3). The second-order valence-corrected chi connectivity index (χ2v) is 10.5. The number of hydrogen-bond acceptors (Lipinski definition) is 8. The summed E-state index contributed by atoms with van der Waals surface area (Å²) in [5.41, 5.74) is 2.08. The topological polar surface area (TPSA) is 112 Å². The first-order valence-electron chi connectivity index (χ1n) is 10.0. The van der Waals surface area contributed by atoms with Gasteiger partial charge in [0.1, 0.15) is 32.8 Å². The number of anilines is 1. The number of benzene rings is 2. The average molecular weight is 531 g/mol. The zero-order valence-corrected chi connectivity index (χ0v) is 20.1. The summed E-state index contributed by atoms with van der Waals surface area (Å²) in [5.74, 6) is -3.18. The molecule has 2 heterocycles. The van der Waals surface area contributed by atoms with Crippen LogP contribution in [0.2, 0.25) is 5.02 Å². The highest BCUT2D eigenvalue weighted by molar-refractivity contribution is 7.90. The molecule has 1 aromatic heterocycles. The van der Waals surface area contributed by atoms with Crippen LogP contribution in [-0.2, 0) is 33.5 Å². The van der Waals surface area contributed by atoms with Crippen molar-refractivity contribution in [1.82, 2.24) is 14.3 Å². The Morgan fingerprint density at radius 1 is 1.24 bits per heavy atom. The predicted octanol–water partition coefficient (Wildman–Crippen LogP) is 3.96. The molecule has 1 aliphatic heterocycles. The van der Waals surface area contributed by atoms with Crippen LogP contribution < -0.4 is 5.32 Å². The van der Waals surface area contributed by atoms with E-state index < -0.39 is 37.1 Å². The maximum absolute atomic E-state index is 14.8. The van der Waals surface area contributed by atoms with Gasteiger partial charge in [0.05, 0.1) is 5.69 Å². The minimum absolute atomic E-state index is 0.00900. The van der Waals surface area contributed by atoms with Gasteiger partial charge in [0.25, 0.3) is 6.47 Å². The molecule has 34 heavy (non-hydrogen) atoms. The first-order valence-corrected chi connectivity index (χ1v) is 12.8. The maximum Gasteiger partial charge on any atom is 0.290 e. The number of likely N-dealkylation sites (tertiary alicyclic amines) is 1. The number of aromatic nitrogens is 2. The van der Waals surface area contributed by atoms with Crippen molar-refractivity contribution in [2.75, 3.05) is 18.4 Å². The quantitative estimate of drug-likeness (QED) is 0.332. The largest absolute Gasteiger partial charge is 0.483 e. The van der Waals surface area contributed by atoms with Gasteiger partial charge < -0.3 is 10.4 Å². The minimum atomic E-state index is -4.33. The van der Waals surface area contributed by atoms with Crippen LogP contribution >= 0.6 is 23.1 Å². The Hall–Kier alpha value is -2.67. The summed E-state index contributed by atoms with van der Waals surface area (Å²) in [6.45, 7) is 2.95. The Morgan fingerprint density at radius 3 is 2.50 bits per heavy atom. The Kier molecular flexibility index (Phi) is 8.89. The number of carboxylic acid groups (broad SMARTS) is 1. The summed E-state index contributed by atoms with van der Waals surface area (Å²) < 4.78 is 58.3. The van der Waals surface area contributed by atoms with Crippen molar-refractivity contribution in [3.05, 3.63) is 69.5 Å². The minimum Gasteiger partial charge on any atom is -0.483 e. The smallest absolute Gasteiger partial charge is 0.290 e. The number of halogens is 3. The fourth-order valence-corrected chi connectivity index (χ4v) is 5.88. The molecule has 1 saturated heterocycles. The van der Waals surface area contributed by atoms with E-state index in [4.69, 9.17) is 21.5 Å². The first-order chi connectivity index (χ1) is 16.3. The summed E-state index contributed by atoms with van der Waals surface area (Å²) in [6.07, 6.45) is 2.37. The van der Waals surface area contributed by atoms with Gasteiger partial charge >= 0.3 is 0 Å². The molecule has 8 nitrogen and oxygen atoms in total. The molecule has 4 rings (SSSR count). The Labute approximate surface area is 204 Å². The first kappa shape index (κ1) is 25.9. The molecule has 1 aliphatic rings. The van der Waals surface area contributed by atoms with Gasteiger partial charge in [0.2, 0.25) is 0 Å². The number of nitrogens with one attached hydrogen (secondary N) is 1. The molecule has 2 N–H and O–H groups in total. The second-order valence-electron chi connectivity index (χ2n) is 7.31. The highest BCUT2D eigenvalue weighted by atomic mass is 35.5. The molecule has 13 heteroatoms. The lowest BCUT2D eigenvalue weighted by Crippen LogP contribution is -2.36. The highest BCUT2D eigenvalue weighted by Gasteiger charge is 2.29. The fraction of sp³-hybridized carbons (Fsp3) is 0.286. The lowest BCUT2D eigenvalue weighted by atomic mass is 10.1. The van der Waals surface area contributed by atoms with Gasteiger partial charge in [-0.3, -0.25) is 9.69 Å². The number of sulfone groups is 1. The molecule has 0 bridgehead atoms. The lowest BCUT2D eigenvalue weighted by Gasteiger charge is -2.31. The monoisotopic (exact) mass is 530 g/mol. The Balaban J connectivity index is 0.00000103. The van der Waals surface area contributed by atoms with E-state index in [0.29, 0.717) is 6.54 Å². The van der Waals surface area contributed by atoms with Crippen molar-refractivity contribution >= 4 is 45.1 Å². The highest BCUT2D eigenvalue weighted by Crippen LogP contribution is 2.34. The predicted molar refractivity (Wildman–Crippen MR) is 125 cm³/mol. The molecular weight excluding hydrogens is 510 g/mol. The molecular formula is C21H21ClF2N4O4S2. The number of rotatable bonds is 8. The van der Waals surface area contributed by atoms with Gasteiger partial charge in [-0.05, 0) is 42.2 Å². The third-order valence-corrected chi connectivity index (χ3v) is 7.94.